The van der Waals surface area contributed by atoms with E-state index in [1.807, 2.05) is 12.1 Å². The lowest BCUT2D eigenvalue weighted by Crippen LogP contribution is -2.48. The molecule has 0 aromatic carbocycles. The van der Waals surface area contributed by atoms with E-state index in [1.165, 1.54) is 4.90 Å². The summed E-state index contributed by atoms with van der Waals surface area (Å²) in [4.78, 5) is 35.1. The van der Waals surface area contributed by atoms with Crippen LogP contribution in [0.2, 0.25) is 0 Å². The zero-order valence-electron chi connectivity index (χ0n) is 18.8. The molecule has 6 heterocycles. The zero-order chi connectivity index (χ0) is 23.9. The molecule has 2 saturated heterocycles. The van der Waals surface area contributed by atoms with Crippen LogP contribution in [-0.2, 0) is 4.79 Å². The highest BCUT2D eigenvalue weighted by Crippen LogP contribution is 2.33. The highest BCUT2D eigenvalue weighted by Gasteiger charge is 2.24. The van der Waals surface area contributed by atoms with E-state index in [-0.39, 0.29) is 11.9 Å². The molecule has 12 nitrogen and oxygen atoms in total. The third-order valence-corrected chi connectivity index (χ3v) is 6.38. The van der Waals surface area contributed by atoms with E-state index in [0.29, 0.717) is 67.8 Å². The Labute approximate surface area is 199 Å². The Bertz CT molecular complexity index is 1420. The summed E-state index contributed by atoms with van der Waals surface area (Å²) in [7, 11) is 0. The van der Waals surface area contributed by atoms with Crippen LogP contribution in [0.15, 0.2) is 41.1 Å². The third kappa shape index (κ3) is 3.96. The molecule has 0 bridgehead atoms. The summed E-state index contributed by atoms with van der Waals surface area (Å²) in [6.07, 6.45) is 3.75. The van der Waals surface area contributed by atoms with Crippen molar-refractivity contribution in [3.05, 3.63) is 36.7 Å². The number of nitrogens with one attached hydrogen (secondary N) is 1. The van der Waals surface area contributed by atoms with Gasteiger partial charge in [-0.2, -0.15) is 0 Å². The van der Waals surface area contributed by atoms with Crippen molar-refractivity contribution in [2.24, 2.45) is 0 Å². The molecule has 35 heavy (non-hydrogen) atoms. The van der Waals surface area contributed by atoms with Gasteiger partial charge in [0.15, 0.2) is 11.4 Å². The molecule has 4 aromatic heterocycles. The summed E-state index contributed by atoms with van der Waals surface area (Å²) in [5.41, 5.74) is 1.98. The number of furan rings is 1. The Morgan fingerprint density at radius 1 is 1.20 bits per heavy atom. The van der Waals surface area contributed by atoms with Gasteiger partial charge in [0.25, 0.3) is 0 Å². The molecule has 4 aromatic rings. The van der Waals surface area contributed by atoms with Gasteiger partial charge in [0.05, 0.1) is 17.6 Å². The lowest BCUT2D eigenvalue weighted by molar-refractivity contribution is -0.119. The molecule has 0 saturated carbocycles. The number of piperazine rings is 1. The van der Waals surface area contributed by atoms with Gasteiger partial charge in [0.2, 0.25) is 11.8 Å². The van der Waals surface area contributed by atoms with Gasteiger partial charge < -0.3 is 29.4 Å². The van der Waals surface area contributed by atoms with Crippen LogP contribution in [0, 0.1) is 0 Å². The summed E-state index contributed by atoms with van der Waals surface area (Å²) in [6.45, 7) is 2.30. The van der Waals surface area contributed by atoms with Crippen molar-refractivity contribution in [3.8, 4) is 17.3 Å². The highest BCUT2D eigenvalue weighted by atomic mass is 16.5. The molecular formula is C23H23N7O5. The Kier molecular flexibility index (Phi) is 5.12. The molecule has 180 valence electrons. The summed E-state index contributed by atoms with van der Waals surface area (Å²) in [5.74, 6) is 1.81. The van der Waals surface area contributed by atoms with Crippen molar-refractivity contribution >= 4 is 34.4 Å². The fraction of sp³-hybridized carbons (Fsp3) is 0.348. The Hall–Kier alpha value is -4.35. The Morgan fingerprint density at radius 2 is 2.06 bits per heavy atom. The molecule has 0 aliphatic carbocycles. The maximum Gasteiger partial charge on any atom is 0.407 e. The molecule has 0 radical (unpaired) electrons. The largest absolute Gasteiger partial charge is 0.474 e. The number of anilines is 1. The summed E-state index contributed by atoms with van der Waals surface area (Å²) in [6, 6.07) is 7.27. The fourth-order valence-electron chi connectivity index (χ4n) is 4.53. The lowest BCUT2D eigenvalue weighted by atomic mass is 10.2. The quantitative estimate of drug-likeness (QED) is 0.442. The SMILES string of the molecule is O=C1CC[C@H](COc2ccc3ncc(-c4cc5c(N6CCN(C(=O)O)CC6)nccc5o4)n3n2)N1. The van der Waals surface area contributed by atoms with Crippen molar-refractivity contribution in [1.29, 1.82) is 0 Å². The monoisotopic (exact) mass is 477 g/mol. The average molecular weight is 477 g/mol. The first-order valence-corrected chi connectivity index (χ1v) is 11.4. The van der Waals surface area contributed by atoms with Gasteiger partial charge in [-0.05, 0) is 24.6 Å². The minimum absolute atomic E-state index is 0.0130. The predicted octanol–water partition coefficient (Wildman–Crippen LogP) is 1.99. The number of imidazole rings is 1. The fourth-order valence-corrected chi connectivity index (χ4v) is 4.53. The molecule has 2 fully saturated rings. The second-order valence-corrected chi connectivity index (χ2v) is 8.61. The summed E-state index contributed by atoms with van der Waals surface area (Å²) in [5, 5.41) is 17.5. The normalized spacial score (nSPS) is 18.4. The number of carboxylic acid groups (broad SMARTS) is 1. The zero-order valence-corrected chi connectivity index (χ0v) is 18.8. The number of hydrogen-bond donors (Lipinski definition) is 2. The number of ether oxygens (including phenoxy) is 1. The molecule has 2 amide bonds. The van der Waals surface area contributed by atoms with Gasteiger partial charge in [0.1, 0.15) is 23.7 Å². The van der Waals surface area contributed by atoms with Gasteiger partial charge in [-0.25, -0.2) is 19.3 Å². The number of amides is 2. The standard InChI is InChI=1S/C23H23N7O5/c31-20-3-1-14(26-20)13-34-21-4-2-19-25-12-16(30(19)27-21)18-11-15-17(35-18)5-6-24-22(15)28-7-9-29(10-8-28)23(32)33/h2,4-6,11-12,14H,1,3,7-10,13H2,(H,26,31)(H,32,33)/t14-/m1/s1. The van der Waals surface area contributed by atoms with E-state index < -0.39 is 6.09 Å². The number of rotatable bonds is 5. The summed E-state index contributed by atoms with van der Waals surface area (Å²) < 4.78 is 13.6. The van der Waals surface area contributed by atoms with E-state index in [0.717, 1.165) is 17.6 Å². The molecule has 12 heteroatoms. The molecule has 0 unspecified atom stereocenters. The van der Waals surface area contributed by atoms with Crippen LogP contribution in [0.25, 0.3) is 28.1 Å². The van der Waals surface area contributed by atoms with Crippen molar-refractivity contribution < 1.29 is 23.8 Å². The number of pyridine rings is 1. The van der Waals surface area contributed by atoms with Crippen molar-refractivity contribution in [2.75, 3.05) is 37.7 Å². The van der Waals surface area contributed by atoms with Crippen LogP contribution in [0.5, 0.6) is 5.88 Å². The molecule has 6 rings (SSSR count). The van der Waals surface area contributed by atoms with Crippen LogP contribution in [-0.4, -0.2) is 80.4 Å². The molecule has 1 atom stereocenters. The first-order chi connectivity index (χ1) is 17.0. The first kappa shape index (κ1) is 21.2. The van der Waals surface area contributed by atoms with Crippen molar-refractivity contribution in [1.82, 2.24) is 29.8 Å². The van der Waals surface area contributed by atoms with E-state index in [2.05, 4.69) is 25.3 Å². The molecule has 0 spiro atoms. The Morgan fingerprint density at radius 3 is 2.83 bits per heavy atom. The van der Waals surface area contributed by atoms with Crippen molar-refractivity contribution in [3.63, 3.8) is 0 Å². The maximum absolute atomic E-state index is 11.4. The minimum Gasteiger partial charge on any atom is -0.474 e. The third-order valence-electron chi connectivity index (χ3n) is 6.38. The number of aromatic nitrogens is 4. The van der Waals surface area contributed by atoms with Crippen LogP contribution in [0.4, 0.5) is 10.6 Å². The van der Waals surface area contributed by atoms with Crippen molar-refractivity contribution in [2.45, 2.75) is 18.9 Å². The summed E-state index contributed by atoms with van der Waals surface area (Å²) >= 11 is 0. The Balaban J connectivity index is 1.27. The van der Waals surface area contributed by atoms with Gasteiger partial charge >= 0.3 is 6.09 Å². The smallest absolute Gasteiger partial charge is 0.407 e. The second kappa shape index (κ2) is 8.46. The number of hydrogen-bond acceptors (Lipinski definition) is 8. The molecular weight excluding hydrogens is 454 g/mol. The van der Waals surface area contributed by atoms with Gasteiger partial charge in [-0.1, -0.05) is 0 Å². The van der Waals surface area contributed by atoms with E-state index >= 15 is 0 Å². The number of nitrogens with zero attached hydrogens (tertiary/aromatic N) is 6. The average Bonchev–Trinajstić information content (AvgIpc) is 3.59. The van der Waals surface area contributed by atoms with Crippen LogP contribution < -0.4 is 15.0 Å². The second-order valence-electron chi connectivity index (χ2n) is 8.61. The van der Waals surface area contributed by atoms with E-state index in [4.69, 9.17) is 9.15 Å². The maximum atomic E-state index is 11.4. The van der Waals surface area contributed by atoms with E-state index in [9.17, 15) is 14.7 Å². The number of fused-ring (bicyclic) bond motifs is 2. The van der Waals surface area contributed by atoms with Gasteiger partial charge in [-0.3, -0.25) is 4.79 Å². The van der Waals surface area contributed by atoms with Crippen LogP contribution >= 0.6 is 0 Å². The number of carbonyl (C=O) groups is 2. The molecule has 2 aliphatic heterocycles. The highest BCUT2D eigenvalue weighted by molar-refractivity contribution is 5.92. The van der Waals surface area contributed by atoms with Gasteiger partial charge in [0, 0.05) is 44.9 Å². The van der Waals surface area contributed by atoms with E-state index in [1.54, 1.807) is 29.0 Å². The number of carbonyl (C=O) groups excluding carboxylic acids is 1. The molecule has 2 aliphatic rings. The lowest BCUT2D eigenvalue weighted by Gasteiger charge is -2.34. The van der Waals surface area contributed by atoms with Crippen LogP contribution in [0.3, 0.4) is 0 Å². The topological polar surface area (TPSA) is 138 Å². The van der Waals surface area contributed by atoms with Crippen LogP contribution in [0.1, 0.15) is 12.8 Å². The molecule has 2 N–H and O–H groups in total. The predicted molar refractivity (Wildman–Crippen MR) is 124 cm³/mol. The minimum atomic E-state index is -0.905. The van der Waals surface area contributed by atoms with Gasteiger partial charge in [-0.15, -0.1) is 5.10 Å². The first-order valence-electron chi connectivity index (χ1n) is 11.4.